The molecule has 0 spiro atoms. The van der Waals surface area contributed by atoms with Gasteiger partial charge in [0.2, 0.25) is 0 Å². The number of aryl methyl sites for hydroxylation is 1. The average Bonchev–Trinajstić information content (AvgIpc) is 2.20. The van der Waals surface area contributed by atoms with Gasteiger partial charge in [-0.25, -0.2) is 0 Å². The predicted octanol–water partition coefficient (Wildman–Crippen LogP) is 3.28. The van der Waals surface area contributed by atoms with Crippen LogP contribution in [-0.2, 0) is 16.0 Å². The maximum absolute atomic E-state index is 11.6. The number of carbonyl (C=O) groups excluding carboxylic acids is 1. The SMILES string of the molecule is Cc1cc(OC(C)C)ccc1CC(=O)OC(C)C. The van der Waals surface area contributed by atoms with Crippen molar-refractivity contribution in [2.45, 2.75) is 53.2 Å². The van der Waals surface area contributed by atoms with Crippen molar-refractivity contribution in [3.63, 3.8) is 0 Å². The van der Waals surface area contributed by atoms with Crippen LogP contribution in [0.2, 0.25) is 0 Å². The maximum atomic E-state index is 11.6. The molecule has 0 atom stereocenters. The van der Waals surface area contributed by atoms with E-state index in [1.165, 1.54) is 0 Å². The first-order chi connectivity index (χ1) is 8.38. The fourth-order valence-corrected chi connectivity index (χ4v) is 1.67. The number of esters is 1. The van der Waals surface area contributed by atoms with E-state index in [0.717, 1.165) is 16.9 Å². The summed E-state index contributed by atoms with van der Waals surface area (Å²) in [6.07, 6.45) is 0.397. The Kier molecular flexibility index (Phi) is 5.20. The molecule has 0 aliphatic heterocycles. The van der Waals surface area contributed by atoms with Crippen LogP contribution >= 0.6 is 0 Å². The number of rotatable bonds is 5. The summed E-state index contributed by atoms with van der Waals surface area (Å²) in [7, 11) is 0. The lowest BCUT2D eigenvalue weighted by Crippen LogP contribution is -2.14. The first-order valence-corrected chi connectivity index (χ1v) is 6.34. The molecule has 0 saturated heterocycles. The van der Waals surface area contributed by atoms with Gasteiger partial charge in [0.15, 0.2) is 0 Å². The second kappa shape index (κ2) is 6.43. The number of benzene rings is 1. The Morgan fingerprint density at radius 2 is 1.83 bits per heavy atom. The van der Waals surface area contributed by atoms with Crippen molar-refractivity contribution in [1.29, 1.82) is 0 Å². The molecule has 18 heavy (non-hydrogen) atoms. The normalized spacial score (nSPS) is 10.8. The highest BCUT2D eigenvalue weighted by atomic mass is 16.5. The highest BCUT2D eigenvalue weighted by Gasteiger charge is 2.10. The molecule has 0 aromatic heterocycles. The fourth-order valence-electron chi connectivity index (χ4n) is 1.67. The minimum atomic E-state index is -0.189. The zero-order valence-corrected chi connectivity index (χ0v) is 11.8. The molecule has 3 nitrogen and oxygen atoms in total. The van der Waals surface area contributed by atoms with Gasteiger partial charge < -0.3 is 9.47 Å². The molecule has 0 unspecified atom stereocenters. The molecule has 0 radical (unpaired) electrons. The topological polar surface area (TPSA) is 35.5 Å². The van der Waals surface area contributed by atoms with Crippen LogP contribution < -0.4 is 4.74 Å². The van der Waals surface area contributed by atoms with Crippen LogP contribution in [0, 0.1) is 6.92 Å². The van der Waals surface area contributed by atoms with Crippen LogP contribution in [0.5, 0.6) is 5.75 Å². The Bertz CT molecular complexity index is 408. The highest BCUT2D eigenvalue weighted by molar-refractivity contribution is 5.73. The molecule has 1 aromatic carbocycles. The van der Waals surface area contributed by atoms with Crippen molar-refractivity contribution in [2.24, 2.45) is 0 Å². The molecule has 0 heterocycles. The molecule has 3 heteroatoms. The van der Waals surface area contributed by atoms with E-state index < -0.39 is 0 Å². The van der Waals surface area contributed by atoms with Crippen molar-refractivity contribution >= 4 is 5.97 Å². The Balaban J connectivity index is 2.70. The first kappa shape index (κ1) is 14.6. The number of ether oxygens (including phenoxy) is 2. The van der Waals surface area contributed by atoms with Gasteiger partial charge >= 0.3 is 5.97 Å². The summed E-state index contributed by atoms with van der Waals surface area (Å²) >= 11 is 0. The van der Waals surface area contributed by atoms with Gasteiger partial charge in [0, 0.05) is 0 Å². The third-order valence-corrected chi connectivity index (χ3v) is 2.39. The number of hydrogen-bond acceptors (Lipinski definition) is 3. The van der Waals surface area contributed by atoms with E-state index in [1.807, 2.05) is 52.8 Å². The lowest BCUT2D eigenvalue weighted by atomic mass is 10.1. The quantitative estimate of drug-likeness (QED) is 0.752. The lowest BCUT2D eigenvalue weighted by Gasteiger charge is -2.13. The van der Waals surface area contributed by atoms with E-state index in [2.05, 4.69) is 0 Å². The molecular formula is C15H22O3. The first-order valence-electron chi connectivity index (χ1n) is 6.34. The number of hydrogen-bond donors (Lipinski definition) is 0. The zero-order chi connectivity index (χ0) is 13.7. The molecule has 0 N–H and O–H groups in total. The van der Waals surface area contributed by atoms with Gasteiger partial charge in [0.1, 0.15) is 5.75 Å². The Morgan fingerprint density at radius 3 is 2.33 bits per heavy atom. The Morgan fingerprint density at radius 1 is 1.17 bits per heavy atom. The standard InChI is InChI=1S/C15H22O3/c1-10(2)17-14-7-6-13(12(5)8-14)9-15(16)18-11(3)4/h6-8,10-11H,9H2,1-5H3. The Labute approximate surface area is 109 Å². The zero-order valence-electron chi connectivity index (χ0n) is 11.8. The van der Waals surface area contributed by atoms with Gasteiger partial charge in [-0.1, -0.05) is 6.07 Å². The van der Waals surface area contributed by atoms with E-state index in [1.54, 1.807) is 0 Å². The fraction of sp³-hybridized carbons (Fsp3) is 0.533. The molecule has 0 fully saturated rings. The lowest BCUT2D eigenvalue weighted by molar-refractivity contribution is -0.146. The summed E-state index contributed by atoms with van der Waals surface area (Å²) in [6.45, 7) is 9.66. The van der Waals surface area contributed by atoms with Crippen molar-refractivity contribution in [3.05, 3.63) is 29.3 Å². The van der Waals surface area contributed by atoms with Crippen LogP contribution in [0.1, 0.15) is 38.8 Å². The van der Waals surface area contributed by atoms with Crippen molar-refractivity contribution in [3.8, 4) is 5.75 Å². The van der Waals surface area contributed by atoms with E-state index >= 15 is 0 Å². The summed E-state index contributed by atoms with van der Waals surface area (Å²) in [5.74, 6) is 0.647. The monoisotopic (exact) mass is 250 g/mol. The third-order valence-electron chi connectivity index (χ3n) is 2.39. The summed E-state index contributed by atoms with van der Waals surface area (Å²) in [5, 5.41) is 0. The van der Waals surface area contributed by atoms with E-state index in [4.69, 9.17) is 9.47 Å². The van der Waals surface area contributed by atoms with E-state index in [9.17, 15) is 4.79 Å². The van der Waals surface area contributed by atoms with Crippen molar-refractivity contribution < 1.29 is 14.3 Å². The van der Waals surface area contributed by atoms with Crippen LogP contribution in [0.25, 0.3) is 0 Å². The van der Waals surface area contributed by atoms with Gasteiger partial charge in [0.25, 0.3) is 0 Å². The maximum Gasteiger partial charge on any atom is 0.310 e. The molecule has 0 bridgehead atoms. The second-order valence-corrected chi connectivity index (χ2v) is 4.97. The largest absolute Gasteiger partial charge is 0.491 e. The van der Waals surface area contributed by atoms with Crippen LogP contribution in [0.3, 0.4) is 0 Å². The molecule has 1 rings (SSSR count). The van der Waals surface area contributed by atoms with Crippen LogP contribution in [0.4, 0.5) is 0 Å². The highest BCUT2D eigenvalue weighted by Crippen LogP contribution is 2.19. The Hall–Kier alpha value is -1.51. The van der Waals surface area contributed by atoms with Gasteiger partial charge in [-0.2, -0.15) is 0 Å². The minimum absolute atomic E-state index is 0.0682. The average molecular weight is 250 g/mol. The van der Waals surface area contributed by atoms with Crippen molar-refractivity contribution in [1.82, 2.24) is 0 Å². The van der Waals surface area contributed by atoms with Gasteiger partial charge in [0.05, 0.1) is 18.6 Å². The van der Waals surface area contributed by atoms with Crippen LogP contribution in [0.15, 0.2) is 18.2 Å². The molecule has 1 aromatic rings. The van der Waals surface area contributed by atoms with E-state index in [-0.39, 0.29) is 18.2 Å². The summed E-state index contributed by atoms with van der Waals surface area (Å²) in [5.41, 5.74) is 2.03. The second-order valence-electron chi connectivity index (χ2n) is 4.97. The molecule has 0 aliphatic carbocycles. The number of carbonyl (C=O) groups is 1. The summed E-state index contributed by atoms with van der Waals surface area (Å²) in [6, 6.07) is 5.78. The molecular weight excluding hydrogens is 228 g/mol. The van der Waals surface area contributed by atoms with Crippen LogP contribution in [-0.4, -0.2) is 18.2 Å². The predicted molar refractivity (Wildman–Crippen MR) is 71.9 cm³/mol. The van der Waals surface area contributed by atoms with Gasteiger partial charge in [-0.05, 0) is 57.9 Å². The smallest absolute Gasteiger partial charge is 0.310 e. The molecule has 0 amide bonds. The summed E-state index contributed by atoms with van der Waals surface area (Å²) < 4.78 is 10.7. The van der Waals surface area contributed by atoms with E-state index in [0.29, 0.717) is 6.42 Å². The molecule has 0 aliphatic rings. The minimum Gasteiger partial charge on any atom is -0.491 e. The third kappa shape index (κ3) is 4.78. The van der Waals surface area contributed by atoms with Gasteiger partial charge in [-0.15, -0.1) is 0 Å². The van der Waals surface area contributed by atoms with Gasteiger partial charge in [-0.3, -0.25) is 4.79 Å². The molecule has 0 saturated carbocycles. The summed E-state index contributed by atoms with van der Waals surface area (Å²) in [4.78, 5) is 11.6. The van der Waals surface area contributed by atoms with Crippen molar-refractivity contribution in [2.75, 3.05) is 0 Å². The molecule has 100 valence electrons.